The van der Waals surface area contributed by atoms with E-state index in [2.05, 4.69) is 9.71 Å². The molecule has 0 amide bonds. The highest BCUT2D eigenvalue weighted by Gasteiger charge is 2.08. The molecule has 1 aromatic carbocycles. The zero-order valence-electron chi connectivity index (χ0n) is 11.5. The van der Waals surface area contributed by atoms with E-state index in [0.717, 1.165) is 17.4 Å². The highest BCUT2D eigenvalue weighted by molar-refractivity contribution is 7.92. The van der Waals surface area contributed by atoms with E-state index >= 15 is 0 Å². The average molecular weight is 307 g/mol. The number of nitrogens with two attached hydrogens (primary N) is 1. The second-order valence-corrected chi connectivity index (χ2v) is 6.43. The van der Waals surface area contributed by atoms with Crippen molar-refractivity contribution >= 4 is 15.7 Å². The highest BCUT2D eigenvalue weighted by Crippen LogP contribution is 2.23. The van der Waals surface area contributed by atoms with Gasteiger partial charge in [0, 0.05) is 24.0 Å². The predicted octanol–water partition coefficient (Wildman–Crippen LogP) is 1.11. The summed E-state index contributed by atoms with van der Waals surface area (Å²) in [6.07, 6.45) is 1.94. The molecule has 4 N–H and O–H groups in total. The van der Waals surface area contributed by atoms with E-state index in [4.69, 9.17) is 5.73 Å². The number of anilines is 1. The molecule has 0 saturated carbocycles. The first-order chi connectivity index (χ1) is 9.89. The average Bonchev–Trinajstić information content (AvgIpc) is 2.45. The lowest BCUT2D eigenvalue weighted by Crippen LogP contribution is -2.12. The third kappa shape index (κ3) is 4.25. The first kappa shape index (κ1) is 15.4. The van der Waals surface area contributed by atoms with Gasteiger partial charge in [-0.2, -0.15) is 0 Å². The lowest BCUT2D eigenvalue weighted by atomic mass is 10.1. The van der Waals surface area contributed by atoms with Crippen LogP contribution in [0, 0.1) is 0 Å². The Morgan fingerprint density at radius 3 is 2.62 bits per heavy atom. The predicted molar refractivity (Wildman–Crippen MR) is 82.2 cm³/mol. The van der Waals surface area contributed by atoms with Crippen LogP contribution in [-0.2, 0) is 10.0 Å². The summed E-state index contributed by atoms with van der Waals surface area (Å²) >= 11 is 0. The number of aliphatic hydroxyl groups excluding tert-OH is 1. The van der Waals surface area contributed by atoms with Gasteiger partial charge in [0.05, 0.1) is 11.9 Å². The van der Waals surface area contributed by atoms with E-state index in [1.54, 1.807) is 36.5 Å². The molecule has 112 valence electrons. The van der Waals surface area contributed by atoms with Crippen molar-refractivity contribution in [3.63, 3.8) is 0 Å². The van der Waals surface area contributed by atoms with Crippen LogP contribution < -0.4 is 10.5 Å². The summed E-state index contributed by atoms with van der Waals surface area (Å²) in [6.45, 7) is 0.111. The lowest BCUT2D eigenvalue weighted by molar-refractivity contribution is 0.182. The normalized spacial score (nSPS) is 12.9. The Labute approximate surface area is 123 Å². The molecule has 0 spiro atoms. The summed E-state index contributed by atoms with van der Waals surface area (Å²) in [5, 5.41) is 9.60. The van der Waals surface area contributed by atoms with E-state index in [-0.39, 0.29) is 6.54 Å². The van der Waals surface area contributed by atoms with Gasteiger partial charge in [0.2, 0.25) is 10.0 Å². The van der Waals surface area contributed by atoms with Gasteiger partial charge < -0.3 is 10.8 Å². The third-order valence-corrected chi connectivity index (χ3v) is 3.46. The summed E-state index contributed by atoms with van der Waals surface area (Å²) in [6, 6.07) is 10.5. The molecule has 0 aliphatic carbocycles. The van der Waals surface area contributed by atoms with Crippen LogP contribution in [0.1, 0.15) is 11.8 Å². The van der Waals surface area contributed by atoms with Gasteiger partial charge in [0.25, 0.3) is 0 Å². The Hall–Kier alpha value is -1.96. The number of nitrogens with zero attached hydrogens (tertiary/aromatic N) is 1. The van der Waals surface area contributed by atoms with Gasteiger partial charge in [0.1, 0.15) is 6.10 Å². The second-order valence-electron chi connectivity index (χ2n) is 4.68. The Balaban J connectivity index is 2.28. The lowest BCUT2D eigenvalue weighted by Gasteiger charge is -2.09. The summed E-state index contributed by atoms with van der Waals surface area (Å²) in [4.78, 5) is 4.16. The molecular weight excluding hydrogens is 290 g/mol. The standard InChI is InChI=1S/C14H17N3O3S/c1-21(19,20)17-12-4-2-3-10(7-12)11-5-6-13(16-9-11)14(18)8-15/h2-7,9,14,17-18H,8,15H2,1H3. The molecule has 0 aliphatic heterocycles. The van der Waals surface area contributed by atoms with Crippen LogP contribution in [0.25, 0.3) is 11.1 Å². The molecule has 1 aromatic heterocycles. The fraction of sp³-hybridized carbons (Fsp3) is 0.214. The van der Waals surface area contributed by atoms with Gasteiger partial charge in [-0.05, 0) is 23.8 Å². The van der Waals surface area contributed by atoms with Crippen LogP contribution in [0.2, 0.25) is 0 Å². The summed E-state index contributed by atoms with van der Waals surface area (Å²) in [5.74, 6) is 0. The zero-order chi connectivity index (χ0) is 15.5. The number of hydrogen-bond donors (Lipinski definition) is 3. The fourth-order valence-corrected chi connectivity index (χ4v) is 2.43. The molecule has 0 fully saturated rings. The number of aliphatic hydroxyl groups is 1. The Bertz CT molecular complexity index is 714. The molecule has 6 nitrogen and oxygen atoms in total. The largest absolute Gasteiger partial charge is 0.385 e. The molecule has 2 aromatic rings. The van der Waals surface area contributed by atoms with Crippen molar-refractivity contribution in [3.05, 3.63) is 48.3 Å². The van der Waals surface area contributed by atoms with Crippen molar-refractivity contribution < 1.29 is 13.5 Å². The topological polar surface area (TPSA) is 105 Å². The maximum absolute atomic E-state index is 11.2. The minimum Gasteiger partial charge on any atom is -0.385 e. The molecule has 1 heterocycles. The van der Waals surface area contributed by atoms with Crippen molar-refractivity contribution in [2.45, 2.75) is 6.10 Å². The third-order valence-electron chi connectivity index (χ3n) is 2.85. The number of sulfonamides is 1. The Morgan fingerprint density at radius 2 is 2.05 bits per heavy atom. The molecule has 7 heteroatoms. The molecule has 1 atom stereocenters. The number of benzene rings is 1. The molecule has 0 aliphatic rings. The van der Waals surface area contributed by atoms with Crippen LogP contribution in [0.3, 0.4) is 0 Å². The maximum atomic E-state index is 11.2. The summed E-state index contributed by atoms with van der Waals surface area (Å²) in [5.41, 5.74) is 8.01. The van der Waals surface area contributed by atoms with Crippen LogP contribution in [0.4, 0.5) is 5.69 Å². The molecule has 0 saturated heterocycles. The van der Waals surface area contributed by atoms with Crippen molar-refractivity contribution in [1.82, 2.24) is 4.98 Å². The highest BCUT2D eigenvalue weighted by atomic mass is 32.2. The van der Waals surface area contributed by atoms with Gasteiger partial charge in [0.15, 0.2) is 0 Å². The van der Waals surface area contributed by atoms with E-state index in [9.17, 15) is 13.5 Å². The van der Waals surface area contributed by atoms with Crippen LogP contribution >= 0.6 is 0 Å². The van der Waals surface area contributed by atoms with Gasteiger partial charge in [-0.1, -0.05) is 18.2 Å². The summed E-state index contributed by atoms with van der Waals surface area (Å²) in [7, 11) is -3.31. The molecule has 2 rings (SSSR count). The van der Waals surface area contributed by atoms with Crippen LogP contribution in [-0.4, -0.2) is 31.3 Å². The zero-order valence-corrected chi connectivity index (χ0v) is 12.3. The first-order valence-corrected chi connectivity index (χ1v) is 8.20. The number of rotatable bonds is 5. The van der Waals surface area contributed by atoms with Crippen molar-refractivity contribution in [2.24, 2.45) is 5.73 Å². The Kier molecular flexibility index (Phi) is 4.56. The SMILES string of the molecule is CS(=O)(=O)Nc1cccc(-c2ccc(C(O)CN)nc2)c1. The minimum absolute atomic E-state index is 0.111. The number of hydrogen-bond acceptors (Lipinski definition) is 5. The fourth-order valence-electron chi connectivity index (χ4n) is 1.87. The van der Waals surface area contributed by atoms with E-state index in [0.29, 0.717) is 11.4 Å². The quantitative estimate of drug-likeness (QED) is 0.767. The first-order valence-electron chi connectivity index (χ1n) is 6.31. The number of nitrogens with one attached hydrogen (secondary N) is 1. The second kappa shape index (κ2) is 6.21. The summed E-state index contributed by atoms with van der Waals surface area (Å²) < 4.78 is 24.9. The molecule has 21 heavy (non-hydrogen) atoms. The van der Waals surface area contributed by atoms with Gasteiger partial charge >= 0.3 is 0 Å². The van der Waals surface area contributed by atoms with Crippen LogP contribution in [0.5, 0.6) is 0 Å². The van der Waals surface area contributed by atoms with E-state index < -0.39 is 16.1 Å². The van der Waals surface area contributed by atoms with Gasteiger partial charge in [-0.15, -0.1) is 0 Å². The Morgan fingerprint density at radius 1 is 1.29 bits per heavy atom. The molecule has 1 unspecified atom stereocenters. The van der Waals surface area contributed by atoms with Gasteiger partial charge in [-0.3, -0.25) is 9.71 Å². The van der Waals surface area contributed by atoms with E-state index in [1.807, 2.05) is 6.07 Å². The van der Waals surface area contributed by atoms with Gasteiger partial charge in [-0.25, -0.2) is 8.42 Å². The molecular formula is C14H17N3O3S. The van der Waals surface area contributed by atoms with Crippen molar-refractivity contribution in [2.75, 3.05) is 17.5 Å². The maximum Gasteiger partial charge on any atom is 0.229 e. The smallest absolute Gasteiger partial charge is 0.229 e. The molecule has 0 radical (unpaired) electrons. The van der Waals surface area contributed by atoms with Crippen LogP contribution in [0.15, 0.2) is 42.6 Å². The van der Waals surface area contributed by atoms with Crippen molar-refractivity contribution in [3.8, 4) is 11.1 Å². The number of aromatic nitrogens is 1. The number of pyridine rings is 1. The van der Waals surface area contributed by atoms with Crippen molar-refractivity contribution in [1.29, 1.82) is 0 Å². The minimum atomic E-state index is -3.31. The molecule has 0 bridgehead atoms. The monoisotopic (exact) mass is 307 g/mol. The van der Waals surface area contributed by atoms with E-state index in [1.165, 1.54) is 0 Å².